The van der Waals surface area contributed by atoms with E-state index in [9.17, 15) is 13.6 Å². The smallest absolute Gasteiger partial charge is 0.255 e. The third kappa shape index (κ3) is 3.58. The van der Waals surface area contributed by atoms with Crippen LogP contribution in [0.2, 0.25) is 0 Å². The molecular formula is C20H19F2N5O. The topological polar surface area (TPSA) is 85.1 Å². The molecule has 0 radical (unpaired) electrons. The Hall–Kier alpha value is -2.92. The number of nitriles is 1. The number of aliphatic imine (C=N–C) groups is 1. The van der Waals surface area contributed by atoms with Gasteiger partial charge in [0.05, 0.1) is 28.6 Å². The molecule has 2 aliphatic heterocycles. The number of nitrogens with zero attached hydrogens (tertiary/aromatic N) is 4. The van der Waals surface area contributed by atoms with E-state index in [2.05, 4.69) is 15.0 Å². The monoisotopic (exact) mass is 383 g/mol. The molecule has 0 amide bonds. The van der Waals surface area contributed by atoms with Gasteiger partial charge in [-0.3, -0.25) is 14.7 Å². The highest BCUT2D eigenvalue weighted by Crippen LogP contribution is 2.21. The summed E-state index contributed by atoms with van der Waals surface area (Å²) in [6.07, 6.45) is 3.43. The van der Waals surface area contributed by atoms with Crippen LogP contribution in [0, 0.1) is 23.0 Å². The van der Waals surface area contributed by atoms with Crippen LogP contribution >= 0.6 is 0 Å². The molecule has 144 valence electrons. The van der Waals surface area contributed by atoms with Crippen molar-refractivity contribution < 1.29 is 8.78 Å². The highest BCUT2D eigenvalue weighted by atomic mass is 19.1. The fraction of sp³-hybridized carbons (Fsp3) is 0.400. The maximum Gasteiger partial charge on any atom is 0.255 e. The molecule has 1 aromatic heterocycles. The number of halogens is 2. The summed E-state index contributed by atoms with van der Waals surface area (Å²) in [6, 6.07) is 3.79. The first-order valence-corrected chi connectivity index (χ1v) is 9.31. The van der Waals surface area contributed by atoms with Crippen LogP contribution in [0.25, 0.3) is 0 Å². The molecule has 0 atom stereocenters. The Labute approximate surface area is 160 Å². The summed E-state index contributed by atoms with van der Waals surface area (Å²) >= 11 is 0. The predicted molar refractivity (Wildman–Crippen MR) is 99.0 cm³/mol. The zero-order chi connectivity index (χ0) is 19.7. The maximum atomic E-state index is 14.2. The Balaban J connectivity index is 1.57. The average molecular weight is 383 g/mol. The Morgan fingerprint density at radius 3 is 2.68 bits per heavy atom. The van der Waals surface area contributed by atoms with Crippen molar-refractivity contribution in [3.05, 3.63) is 62.3 Å². The van der Waals surface area contributed by atoms with Crippen molar-refractivity contribution in [2.75, 3.05) is 13.1 Å². The van der Waals surface area contributed by atoms with Crippen LogP contribution in [0.3, 0.4) is 0 Å². The lowest BCUT2D eigenvalue weighted by molar-refractivity contribution is 0.234. The van der Waals surface area contributed by atoms with Crippen LogP contribution in [0.1, 0.15) is 47.5 Å². The van der Waals surface area contributed by atoms with E-state index in [-0.39, 0.29) is 29.8 Å². The number of rotatable bonds is 3. The summed E-state index contributed by atoms with van der Waals surface area (Å²) in [5.74, 6) is -0.957. The highest BCUT2D eigenvalue weighted by Gasteiger charge is 2.24. The standard InChI is InChI=1S/C20H19F2N5O/c21-15-7-12(9-23)8-16(22)13(15)10-27-6-4-17-14(11-27)20(28)26-19(25-17)18-3-1-2-5-24-18/h7-8H,1-6,10-11H2,(H,25,26,28). The first-order chi connectivity index (χ1) is 13.5. The molecule has 6 nitrogen and oxygen atoms in total. The van der Waals surface area contributed by atoms with Crippen LogP contribution in [-0.2, 0) is 19.5 Å². The van der Waals surface area contributed by atoms with Gasteiger partial charge in [0.1, 0.15) is 11.6 Å². The Morgan fingerprint density at radius 2 is 2.00 bits per heavy atom. The van der Waals surface area contributed by atoms with E-state index in [1.807, 2.05) is 4.90 Å². The van der Waals surface area contributed by atoms with E-state index in [0.29, 0.717) is 24.4 Å². The largest absolute Gasteiger partial charge is 0.305 e. The van der Waals surface area contributed by atoms with Gasteiger partial charge < -0.3 is 4.98 Å². The minimum Gasteiger partial charge on any atom is -0.305 e. The van der Waals surface area contributed by atoms with Crippen molar-refractivity contribution in [1.82, 2.24) is 14.9 Å². The SMILES string of the molecule is N#Cc1cc(F)c(CN2CCc3nc(C4=NCCCC4)[nH]c(=O)c3C2)c(F)c1. The van der Waals surface area contributed by atoms with Crippen LogP contribution < -0.4 is 5.56 Å². The molecule has 1 N–H and O–H groups in total. The van der Waals surface area contributed by atoms with Gasteiger partial charge in [0.25, 0.3) is 5.56 Å². The molecule has 0 unspecified atom stereocenters. The number of hydrogen-bond acceptors (Lipinski definition) is 5. The van der Waals surface area contributed by atoms with Crippen molar-refractivity contribution in [3.63, 3.8) is 0 Å². The lowest BCUT2D eigenvalue weighted by atomic mass is 10.0. The molecule has 0 saturated carbocycles. The molecule has 3 heterocycles. The second kappa shape index (κ2) is 7.60. The van der Waals surface area contributed by atoms with Crippen LogP contribution in [0.4, 0.5) is 8.78 Å². The lowest BCUT2D eigenvalue weighted by Gasteiger charge is -2.28. The Kier molecular flexibility index (Phi) is 5.01. The molecule has 1 aromatic carbocycles. The lowest BCUT2D eigenvalue weighted by Crippen LogP contribution is -2.36. The van der Waals surface area contributed by atoms with E-state index >= 15 is 0 Å². The van der Waals surface area contributed by atoms with Gasteiger partial charge in [-0.05, 0) is 31.4 Å². The molecule has 0 aliphatic carbocycles. The van der Waals surface area contributed by atoms with E-state index in [0.717, 1.165) is 49.3 Å². The van der Waals surface area contributed by atoms with Gasteiger partial charge in [0, 0.05) is 38.2 Å². The van der Waals surface area contributed by atoms with E-state index in [1.54, 1.807) is 6.07 Å². The normalized spacial score (nSPS) is 17.0. The van der Waals surface area contributed by atoms with E-state index in [1.165, 1.54) is 0 Å². The van der Waals surface area contributed by atoms with Gasteiger partial charge in [-0.1, -0.05) is 0 Å². The quantitative estimate of drug-likeness (QED) is 0.882. The van der Waals surface area contributed by atoms with Gasteiger partial charge in [0.15, 0.2) is 5.82 Å². The Morgan fingerprint density at radius 1 is 1.21 bits per heavy atom. The summed E-state index contributed by atoms with van der Waals surface area (Å²) in [5.41, 5.74) is 1.72. The van der Waals surface area contributed by atoms with Crippen molar-refractivity contribution >= 4 is 5.71 Å². The minimum atomic E-state index is -0.750. The summed E-state index contributed by atoms with van der Waals surface area (Å²) in [6.45, 7) is 1.58. The first kappa shape index (κ1) is 18.4. The van der Waals surface area contributed by atoms with Gasteiger partial charge in [-0.2, -0.15) is 5.26 Å². The summed E-state index contributed by atoms with van der Waals surface area (Å²) < 4.78 is 28.4. The average Bonchev–Trinajstić information content (AvgIpc) is 2.71. The van der Waals surface area contributed by atoms with Crippen molar-refractivity contribution in [1.29, 1.82) is 5.26 Å². The second-order valence-electron chi connectivity index (χ2n) is 7.12. The number of nitrogens with one attached hydrogen (secondary N) is 1. The van der Waals surface area contributed by atoms with E-state index in [4.69, 9.17) is 5.26 Å². The zero-order valence-corrected chi connectivity index (χ0v) is 15.3. The van der Waals surface area contributed by atoms with Crippen LogP contribution in [0.15, 0.2) is 21.9 Å². The third-order valence-electron chi connectivity index (χ3n) is 5.20. The fourth-order valence-electron chi connectivity index (χ4n) is 3.69. The van der Waals surface area contributed by atoms with Gasteiger partial charge in [-0.25, -0.2) is 13.8 Å². The van der Waals surface area contributed by atoms with Gasteiger partial charge >= 0.3 is 0 Å². The zero-order valence-electron chi connectivity index (χ0n) is 15.3. The Bertz CT molecular complexity index is 1030. The molecule has 0 spiro atoms. The minimum absolute atomic E-state index is 0.0245. The van der Waals surface area contributed by atoms with Crippen molar-refractivity contribution in [2.45, 2.75) is 38.8 Å². The molecule has 0 bridgehead atoms. The van der Waals surface area contributed by atoms with Crippen LogP contribution in [0.5, 0.6) is 0 Å². The molecule has 2 aromatic rings. The molecule has 8 heteroatoms. The number of aromatic nitrogens is 2. The summed E-state index contributed by atoms with van der Waals surface area (Å²) in [5, 5.41) is 8.81. The number of aromatic amines is 1. The molecule has 28 heavy (non-hydrogen) atoms. The fourth-order valence-corrected chi connectivity index (χ4v) is 3.69. The van der Waals surface area contributed by atoms with Gasteiger partial charge in [0.2, 0.25) is 0 Å². The van der Waals surface area contributed by atoms with Crippen molar-refractivity contribution in [2.24, 2.45) is 4.99 Å². The third-order valence-corrected chi connectivity index (χ3v) is 5.20. The highest BCUT2D eigenvalue weighted by molar-refractivity contribution is 5.97. The number of hydrogen-bond donors (Lipinski definition) is 1. The predicted octanol–water partition coefficient (Wildman–Crippen LogP) is 2.45. The summed E-state index contributed by atoms with van der Waals surface area (Å²) in [7, 11) is 0. The molecule has 0 fully saturated rings. The molecule has 0 saturated heterocycles. The summed E-state index contributed by atoms with van der Waals surface area (Å²) in [4.78, 5) is 26.3. The molecular weight excluding hydrogens is 364 g/mol. The second-order valence-corrected chi connectivity index (χ2v) is 7.12. The maximum absolute atomic E-state index is 14.2. The van der Waals surface area contributed by atoms with Crippen molar-refractivity contribution in [3.8, 4) is 6.07 Å². The van der Waals surface area contributed by atoms with E-state index < -0.39 is 11.6 Å². The van der Waals surface area contributed by atoms with Crippen LogP contribution in [-0.4, -0.2) is 33.7 Å². The first-order valence-electron chi connectivity index (χ1n) is 9.31. The van der Waals surface area contributed by atoms with Gasteiger partial charge in [-0.15, -0.1) is 0 Å². The number of fused-ring (bicyclic) bond motifs is 1. The number of H-pyrrole nitrogens is 1. The number of benzene rings is 1. The molecule has 2 aliphatic rings. The molecule has 4 rings (SSSR count).